The Balaban J connectivity index is 1.33. The summed E-state index contributed by atoms with van der Waals surface area (Å²) in [6.45, 7) is 6.71. The van der Waals surface area contributed by atoms with Crippen molar-refractivity contribution in [2.75, 3.05) is 32.8 Å². The van der Waals surface area contributed by atoms with Crippen molar-refractivity contribution >= 4 is 29.1 Å². The second kappa shape index (κ2) is 8.99. The van der Waals surface area contributed by atoms with Crippen molar-refractivity contribution < 1.29 is 9.53 Å². The number of carbonyl (C=O) groups excluding carboxylic acids is 1. The number of amides is 1. The maximum absolute atomic E-state index is 12.4. The van der Waals surface area contributed by atoms with E-state index in [1.165, 1.54) is 25.9 Å². The molecule has 1 unspecified atom stereocenters. The molecule has 1 atom stereocenters. The topological polar surface area (TPSA) is 32.8 Å². The fourth-order valence-corrected chi connectivity index (χ4v) is 4.73. The Labute approximate surface area is 167 Å². The molecular formula is C20H30Cl2N2O2. The molecule has 2 heterocycles. The van der Waals surface area contributed by atoms with Crippen LogP contribution in [-0.4, -0.2) is 59.4 Å². The lowest BCUT2D eigenvalue weighted by molar-refractivity contribution is -0.133. The summed E-state index contributed by atoms with van der Waals surface area (Å²) in [5.41, 5.74) is 0. The van der Waals surface area contributed by atoms with Gasteiger partial charge in [0.2, 0.25) is 5.91 Å². The Kier molecular flexibility index (Phi) is 6.92. The standard InChI is InChI=1S/C20H30Cl2N2O2/c1-20(22)9-6-18(17(21)15-20)26-14-4-5-19(25)24-12-7-16(8-13-24)23-10-2-3-11-23/h6,9,16H,2-5,7-8,10-15H2,1H3. The van der Waals surface area contributed by atoms with Crippen LogP contribution in [0.5, 0.6) is 0 Å². The fourth-order valence-electron chi connectivity index (χ4n) is 4.07. The number of carbonyl (C=O) groups is 1. The lowest BCUT2D eigenvalue weighted by atomic mass is 10.0. The molecule has 1 aliphatic carbocycles. The number of hydrogen-bond acceptors (Lipinski definition) is 3. The average Bonchev–Trinajstić information content (AvgIpc) is 3.14. The highest BCUT2D eigenvalue weighted by Gasteiger charge is 2.28. The van der Waals surface area contributed by atoms with Gasteiger partial charge in [0.25, 0.3) is 0 Å². The van der Waals surface area contributed by atoms with Crippen LogP contribution >= 0.6 is 23.2 Å². The predicted molar refractivity (Wildman–Crippen MR) is 106 cm³/mol. The van der Waals surface area contributed by atoms with Gasteiger partial charge in [-0.05, 0) is 58.2 Å². The lowest BCUT2D eigenvalue weighted by Gasteiger charge is -2.36. The molecule has 0 aromatic carbocycles. The van der Waals surface area contributed by atoms with Gasteiger partial charge in [-0.3, -0.25) is 4.79 Å². The van der Waals surface area contributed by atoms with Crippen LogP contribution in [0.4, 0.5) is 0 Å². The van der Waals surface area contributed by atoms with Gasteiger partial charge in [-0.15, -0.1) is 11.6 Å². The van der Waals surface area contributed by atoms with Crippen LogP contribution in [0.3, 0.4) is 0 Å². The van der Waals surface area contributed by atoms with Gasteiger partial charge in [-0.1, -0.05) is 17.7 Å². The molecule has 0 spiro atoms. The monoisotopic (exact) mass is 400 g/mol. The number of alkyl halides is 1. The second-order valence-corrected chi connectivity index (χ2v) is 9.18. The number of likely N-dealkylation sites (tertiary alicyclic amines) is 2. The molecule has 0 N–H and O–H groups in total. The van der Waals surface area contributed by atoms with Crippen LogP contribution < -0.4 is 0 Å². The molecular weight excluding hydrogens is 371 g/mol. The number of ether oxygens (including phenoxy) is 1. The number of halogens is 2. The van der Waals surface area contributed by atoms with Crippen LogP contribution in [-0.2, 0) is 9.53 Å². The first-order chi connectivity index (χ1) is 12.4. The second-order valence-electron chi connectivity index (χ2n) is 7.86. The molecule has 3 rings (SSSR count). The van der Waals surface area contributed by atoms with E-state index in [4.69, 9.17) is 27.9 Å². The molecule has 2 fully saturated rings. The van der Waals surface area contributed by atoms with Crippen LogP contribution in [0.15, 0.2) is 22.9 Å². The van der Waals surface area contributed by atoms with Crippen molar-refractivity contribution in [3.63, 3.8) is 0 Å². The lowest BCUT2D eigenvalue weighted by Crippen LogP contribution is -2.45. The molecule has 0 radical (unpaired) electrons. The van der Waals surface area contributed by atoms with Crippen molar-refractivity contribution in [2.45, 2.75) is 62.8 Å². The van der Waals surface area contributed by atoms with E-state index < -0.39 is 4.87 Å². The highest BCUT2D eigenvalue weighted by atomic mass is 35.5. The summed E-state index contributed by atoms with van der Waals surface area (Å²) in [6.07, 6.45) is 10.5. The molecule has 146 valence electrons. The van der Waals surface area contributed by atoms with E-state index in [1.807, 2.05) is 24.0 Å². The average molecular weight is 401 g/mol. The Morgan fingerprint density at radius 2 is 1.96 bits per heavy atom. The molecule has 2 saturated heterocycles. The first kappa shape index (κ1) is 20.0. The highest BCUT2D eigenvalue weighted by Crippen LogP contribution is 2.34. The van der Waals surface area contributed by atoms with Crippen LogP contribution in [0.1, 0.15) is 51.9 Å². The predicted octanol–water partition coefficient (Wildman–Crippen LogP) is 4.28. The Hall–Kier alpha value is -0.710. The van der Waals surface area contributed by atoms with Crippen molar-refractivity contribution in [2.24, 2.45) is 0 Å². The molecule has 0 aromatic heterocycles. The maximum Gasteiger partial charge on any atom is 0.222 e. The number of piperidine rings is 1. The summed E-state index contributed by atoms with van der Waals surface area (Å²) in [5.74, 6) is 0.935. The largest absolute Gasteiger partial charge is 0.492 e. The zero-order chi connectivity index (χ0) is 18.6. The highest BCUT2D eigenvalue weighted by molar-refractivity contribution is 6.32. The Morgan fingerprint density at radius 3 is 2.62 bits per heavy atom. The van der Waals surface area contributed by atoms with Gasteiger partial charge < -0.3 is 14.5 Å². The van der Waals surface area contributed by atoms with E-state index in [9.17, 15) is 4.79 Å². The van der Waals surface area contributed by atoms with E-state index in [2.05, 4.69) is 4.90 Å². The minimum Gasteiger partial charge on any atom is -0.492 e. The third-order valence-corrected chi connectivity index (χ3v) is 6.20. The molecule has 26 heavy (non-hydrogen) atoms. The Morgan fingerprint density at radius 1 is 1.27 bits per heavy atom. The summed E-state index contributed by atoms with van der Waals surface area (Å²) >= 11 is 12.5. The van der Waals surface area contributed by atoms with Gasteiger partial charge in [-0.25, -0.2) is 0 Å². The Bertz CT molecular complexity index is 560. The molecule has 2 aliphatic heterocycles. The quantitative estimate of drug-likeness (QED) is 0.492. The minimum absolute atomic E-state index is 0.251. The fraction of sp³-hybridized carbons (Fsp3) is 0.750. The van der Waals surface area contributed by atoms with Gasteiger partial charge in [0.15, 0.2) is 0 Å². The van der Waals surface area contributed by atoms with Crippen molar-refractivity contribution in [3.8, 4) is 0 Å². The summed E-state index contributed by atoms with van der Waals surface area (Å²) in [4.78, 5) is 16.6. The maximum atomic E-state index is 12.4. The van der Waals surface area contributed by atoms with E-state index in [1.54, 1.807) is 0 Å². The zero-order valence-electron chi connectivity index (χ0n) is 15.7. The third-order valence-electron chi connectivity index (χ3n) is 5.62. The molecule has 0 bridgehead atoms. The summed E-state index contributed by atoms with van der Waals surface area (Å²) in [6, 6.07) is 0.685. The zero-order valence-corrected chi connectivity index (χ0v) is 17.2. The van der Waals surface area contributed by atoms with Gasteiger partial charge in [0, 0.05) is 32.0 Å². The van der Waals surface area contributed by atoms with Crippen LogP contribution in [0.2, 0.25) is 0 Å². The molecule has 0 saturated carbocycles. The molecule has 1 amide bonds. The van der Waals surface area contributed by atoms with Crippen molar-refractivity contribution in [1.29, 1.82) is 0 Å². The molecule has 6 heteroatoms. The SMILES string of the molecule is CC1(Cl)C=CC(OCCCC(=O)N2CCC(N3CCCC3)CC2)=C(Cl)C1. The summed E-state index contributed by atoms with van der Waals surface area (Å²) < 4.78 is 5.74. The molecule has 3 aliphatic rings. The van der Waals surface area contributed by atoms with Crippen molar-refractivity contribution in [1.82, 2.24) is 9.80 Å². The van der Waals surface area contributed by atoms with Gasteiger partial charge in [-0.2, -0.15) is 0 Å². The minimum atomic E-state index is -0.429. The summed E-state index contributed by atoms with van der Waals surface area (Å²) in [7, 11) is 0. The van der Waals surface area contributed by atoms with E-state index in [0.717, 1.165) is 25.9 Å². The number of rotatable bonds is 6. The number of hydrogen-bond donors (Lipinski definition) is 0. The van der Waals surface area contributed by atoms with Gasteiger partial charge >= 0.3 is 0 Å². The molecule has 4 nitrogen and oxygen atoms in total. The first-order valence-electron chi connectivity index (χ1n) is 9.86. The smallest absolute Gasteiger partial charge is 0.222 e. The van der Waals surface area contributed by atoms with E-state index in [0.29, 0.717) is 42.7 Å². The number of allylic oxidation sites excluding steroid dienone is 3. The first-order valence-corrected chi connectivity index (χ1v) is 10.6. The van der Waals surface area contributed by atoms with Crippen LogP contribution in [0.25, 0.3) is 0 Å². The molecule has 0 aromatic rings. The van der Waals surface area contributed by atoms with E-state index in [-0.39, 0.29) is 5.91 Å². The summed E-state index contributed by atoms with van der Waals surface area (Å²) in [5, 5.41) is 0.653. The normalized spacial score (nSPS) is 28.0. The van der Waals surface area contributed by atoms with Crippen LogP contribution in [0, 0.1) is 0 Å². The van der Waals surface area contributed by atoms with Gasteiger partial charge in [0.05, 0.1) is 16.5 Å². The van der Waals surface area contributed by atoms with Crippen molar-refractivity contribution in [3.05, 3.63) is 22.9 Å². The third kappa shape index (κ3) is 5.40. The van der Waals surface area contributed by atoms with E-state index >= 15 is 0 Å². The van der Waals surface area contributed by atoms with Gasteiger partial charge in [0.1, 0.15) is 5.76 Å². The number of nitrogens with zero attached hydrogens (tertiary/aromatic N) is 2.